The lowest BCUT2D eigenvalue weighted by Crippen LogP contribution is -2.34. The number of nitrogens with zero attached hydrogens (tertiary/aromatic N) is 2. The van der Waals surface area contributed by atoms with Gasteiger partial charge in [0.2, 0.25) is 17.6 Å². The first-order valence-corrected chi connectivity index (χ1v) is 10.9. The first kappa shape index (κ1) is 21.7. The minimum Gasteiger partial charge on any atom is -0.454 e. The maximum atomic E-state index is 13.1. The second-order valence-electron chi connectivity index (χ2n) is 8.79. The van der Waals surface area contributed by atoms with Crippen LogP contribution < -0.4 is 4.90 Å². The molecule has 1 heterocycles. The van der Waals surface area contributed by atoms with Gasteiger partial charge >= 0.3 is 5.97 Å². The number of hydrogen-bond donors (Lipinski definition) is 0. The molecule has 1 aliphatic heterocycles. The van der Waals surface area contributed by atoms with Crippen molar-refractivity contribution in [3.05, 3.63) is 81.4 Å². The number of ketones is 1. The monoisotopic (exact) mass is 460 g/mol. The van der Waals surface area contributed by atoms with E-state index in [2.05, 4.69) is 0 Å². The molecule has 0 N–H and O–H groups in total. The highest BCUT2D eigenvalue weighted by atomic mass is 16.6. The summed E-state index contributed by atoms with van der Waals surface area (Å²) in [5.74, 6) is -2.89. The summed E-state index contributed by atoms with van der Waals surface area (Å²) in [6, 6.07) is 10.1. The third kappa shape index (κ3) is 3.32. The molecule has 5 rings (SSSR count). The Labute approximate surface area is 194 Å². The van der Waals surface area contributed by atoms with Crippen LogP contribution in [0.3, 0.4) is 0 Å². The van der Waals surface area contributed by atoms with Crippen molar-refractivity contribution in [1.29, 1.82) is 0 Å². The molecule has 2 aliphatic carbocycles. The molecule has 4 atom stereocenters. The van der Waals surface area contributed by atoms with Crippen LogP contribution in [0.15, 0.2) is 54.6 Å². The average molecular weight is 460 g/mol. The Morgan fingerprint density at radius 2 is 1.71 bits per heavy atom. The summed E-state index contributed by atoms with van der Waals surface area (Å²) in [6.45, 7) is 0.911. The molecule has 2 fully saturated rings. The van der Waals surface area contributed by atoms with Crippen LogP contribution in [0.4, 0.5) is 11.4 Å². The number of carbonyl (C=O) groups is 4. The molecule has 0 spiro atoms. The highest BCUT2D eigenvalue weighted by Crippen LogP contribution is 2.53. The number of rotatable bonds is 6. The van der Waals surface area contributed by atoms with Gasteiger partial charge in [0.1, 0.15) is 0 Å². The molecule has 0 aromatic heterocycles. The van der Waals surface area contributed by atoms with Crippen molar-refractivity contribution in [2.24, 2.45) is 23.7 Å². The van der Waals surface area contributed by atoms with Gasteiger partial charge in [0.25, 0.3) is 5.69 Å². The number of ether oxygens (including phenoxy) is 1. The molecular formula is C25H20N2O7. The molecule has 9 heteroatoms. The minimum absolute atomic E-state index is 0.00725. The molecule has 0 unspecified atom stereocenters. The normalized spacial score (nSPS) is 24.4. The van der Waals surface area contributed by atoms with Crippen molar-refractivity contribution in [3.8, 4) is 0 Å². The number of hydrogen-bond acceptors (Lipinski definition) is 7. The number of fused-ring (bicyclic) bond motifs is 5. The predicted octanol–water partition coefficient (Wildman–Crippen LogP) is 3.25. The zero-order chi connectivity index (χ0) is 24.1. The van der Waals surface area contributed by atoms with Crippen LogP contribution in [-0.4, -0.2) is 35.1 Å². The highest BCUT2D eigenvalue weighted by Gasteiger charge is 2.59. The van der Waals surface area contributed by atoms with E-state index in [9.17, 15) is 29.3 Å². The van der Waals surface area contributed by atoms with Crippen molar-refractivity contribution in [2.75, 3.05) is 11.5 Å². The highest BCUT2D eigenvalue weighted by molar-refractivity contribution is 6.24. The van der Waals surface area contributed by atoms with Gasteiger partial charge in [0.05, 0.1) is 28.0 Å². The standard InChI is InChI=1S/C25H20N2O7/c1-13-6-7-14(11-19(13)27(32)33)20(28)12-34-25(31)17-4-2-3-5-18(17)26-23(29)21-15-8-9-16(10-15)22(21)24(26)30/h2-9,11,15-16,21-22H,10,12H2,1H3/t15-,16-,21+,22+/m0/s1. The number of imide groups is 1. The second-order valence-corrected chi connectivity index (χ2v) is 8.79. The van der Waals surface area contributed by atoms with Gasteiger partial charge in [0, 0.05) is 17.2 Å². The first-order chi connectivity index (χ1) is 16.3. The van der Waals surface area contributed by atoms with Crippen LogP contribution in [0, 0.1) is 40.7 Å². The third-order valence-corrected chi connectivity index (χ3v) is 6.90. The van der Waals surface area contributed by atoms with E-state index in [1.165, 1.54) is 24.3 Å². The topological polar surface area (TPSA) is 124 Å². The summed E-state index contributed by atoms with van der Waals surface area (Å²) >= 11 is 0. The van der Waals surface area contributed by atoms with Gasteiger partial charge in [-0.3, -0.25) is 24.5 Å². The Kier molecular flexibility index (Phi) is 5.11. The smallest absolute Gasteiger partial charge is 0.340 e. The Morgan fingerprint density at radius 3 is 2.35 bits per heavy atom. The van der Waals surface area contributed by atoms with E-state index >= 15 is 0 Å². The van der Waals surface area contributed by atoms with Crippen LogP contribution in [0.25, 0.3) is 0 Å². The number of Topliss-reactive ketones (excluding diaryl/α,β-unsaturated/α-hetero) is 1. The van der Waals surface area contributed by atoms with Gasteiger partial charge < -0.3 is 4.74 Å². The number of esters is 1. The number of allylic oxidation sites excluding steroid dienone is 2. The Hall–Kier alpha value is -4.14. The summed E-state index contributed by atoms with van der Waals surface area (Å²) in [7, 11) is 0. The molecule has 1 saturated heterocycles. The van der Waals surface area contributed by atoms with Crippen LogP contribution in [0.2, 0.25) is 0 Å². The zero-order valence-corrected chi connectivity index (χ0v) is 18.2. The van der Waals surface area contributed by atoms with Crippen molar-refractivity contribution in [2.45, 2.75) is 13.3 Å². The van der Waals surface area contributed by atoms with Crippen molar-refractivity contribution in [3.63, 3.8) is 0 Å². The average Bonchev–Trinajstić information content (AvgIpc) is 3.51. The minimum atomic E-state index is -0.871. The second kappa shape index (κ2) is 8.02. The van der Waals surface area contributed by atoms with Gasteiger partial charge in [-0.2, -0.15) is 0 Å². The lowest BCUT2D eigenvalue weighted by Gasteiger charge is -2.19. The van der Waals surface area contributed by atoms with E-state index in [4.69, 9.17) is 4.74 Å². The molecule has 0 radical (unpaired) electrons. The van der Waals surface area contributed by atoms with Gasteiger partial charge in [-0.05, 0) is 37.3 Å². The van der Waals surface area contributed by atoms with Crippen molar-refractivity contribution < 1.29 is 28.8 Å². The molecule has 2 bridgehead atoms. The fraction of sp³-hybridized carbons (Fsp3) is 0.280. The summed E-state index contributed by atoms with van der Waals surface area (Å²) in [5.41, 5.74) is 0.365. The van der Waals surface area contributed by atoms with Gasteiger partial charge in [-0.25, -0.2) is 9.69 Å². The quantitative estimate of drug-likeness (QED) is 0.162. The lowest BCUT2D eigenvalue weighted by molar-refractivity contribution is -0.385. The van der Waals surface area contributed by atoms with Gasteiger partial charge in [-0.15, -0.1) is 0 Å². The molecule has 9 nitrogen and oxygen atoms in total. The molecule has 3 aliphatic rings. The summed E-state index contributed by atoms with van der Waals surface area (Å²) in [4.78, 5) is 63.2. The van der Waals surface area contributed by atoms with Gasteiger partial charge in [0.15, 0.2) is 6.61 Å². The number of anilines is 1. The summed E-state index contributed by atoms with van der Waals surface area (Å²) in [5, 5.41) is 11.1. The number of nitro benzene ring substituents is 1. The van der Waals surface area contributed by atoms with E-state index < -0.39 is 35.1 Å². The number of aryl methyl sites for hydroxylation is 1. The fourth-order valence-electron chi connectivity index (χ4n) is 5.25. The molecule has 172 valence electrons. The largest absolute Gasteiger partial charge is 0.454 e. The van der Waals surface area contributed by atoms with Crippen LogP contribution in [-0.2, 0) is 14.3 Å². The number of nitro groups is 1. The van der Waals surface area contributed by atoms with Crippen LogP contribution >= 0.6 is 0 Å². The fourth-order valence-corrected chi connectivity index (χ4v) is 5.25. The number of carbonyl (C=O) groups excluding carboxylic acids is 4. The Balaban J connectivity index is 1.34. The van der Waals surface area contributed by atoms with Crippen LogP contribution in [0.1, 0.15) is 32.7 Å². The summed E-state index contributed by atoms with van der Waals surface area (Å²) < 4.78 is 5.17. The van der Waals surface area contributed by atoms with Gasteiger partial charge in [-0.1, -0.05) is 36.4 Å². The van der Waals surface area contributed by atoms with Crippen molar-refractivity contribution in [1.82, 2.24) is 0 Å². The maximum absolute atomic E-state index is 13.1. The SMILES string of the molecule is Cc1ccc(C(=O)COC(=O)c2ccccc2N2C(=O)[C@H]3[C@H](C2=O)[C@H]2C=C[C@H]3C2)cc1[N+](=O)[O-]. The Morgan fingerprint density at radius 1 is 1.06 bits per heavy atom. The predicted molar refractivity (Wildman–Crippen MR) is 119 cm³/mol. The lowest BCUT2D eigenvalue weighted by atomic mass is 9.85. The van der Waals surface area contributed by atoms with Crippen molar-refractivity contribution >= 4 is 34.9 Å². The molecule has 2 aromatic rings. The number of amides is 2. The zero-order valence-electron chi connectivity index (χ0n) is 18.2. The summed E-state index contributed by atoms with van der Waals surface area (Å²) in [6.07, 6.45) is 4.77. The molecular weight excluding hydrogens is 440 g/mol. The van der Waals surface area contributed by atoms with E-state index in [-0.39, 0.29) is 46.2 Å². The number of para-hydroxylation sites is 1. The van der Waals surface area contributed by atoms with Crippen LogP contribution in [0.5, 0.6) is 0 Å². The third-order valence-electron chi connectivity index (χ3n) is 6.90. The Bertz CT molecular complexity index is 1270. The van der Waals surface area contributed by atoms with E-state index in [1.54, 1.807) is 19.1 Å². The first-order valence-electron chi connectivity index (χ1n) is 10.9. The van der Waals surface area contributed by atoms with E-state index in [0.29, 0.717) is 5.56 Å². The maximum Gasteiger partial charge on any atom is 0.340 e. The number of benzene rings is 2. The van der Waals surface area contributed by atoms with E-state index in [0.717, 1.165) is 17.4 Å². The van der Waals surface area contributed by atoms with E-state index in [1.807, 2.05) is 12.2 Å². The molecule has 1 saturated carbocycles. The molecule has 2 aromatic carbocycles. The molecule has 2 amide bonds. The molecule has 34 heavy (non-hydrogen) atoms.